The Bertz CT molecular complexity index is 773. The van der Waals surface area contributed by atoms with Crippen LogP contribution in [0.3, 0.4) is 0 Å². The third kappa shape index (κ3) is 3.88. The molecule has 0 radical (unpaired) electrons. The Hall–Kier alpha value is -1.68. The van der Waals surface area contributed by atoms with E-state index in [9.17, 15) is 0 Å². The van der Waals surface area contributed by atoms with Gasteiger partial charge in [-0.25, -0.2) is 0 Å². The third-order valence-corrected chi connectivity index (χ3v) is 7.79. The number of dihydropyridines is 1. The molecule has 4 heterocycles. The van der Waals surface area contributed by atoms with Gasteiger partial charge in [-0.15, -0.1) is 0 Å². The Balaban J connectivity index is 1.21. The zero-order valence-corrected chi connectivity index (χ0v) is 18.2. The van der Waals surface area contributed by atoms with Crippen LogP contribution in [0.4, 0.5) is 0 Å². The van der Waals surface area contributed by atoms with Crippen LogP contribution in [0.25, 0.3) is 0 Å². The van der Waals surface area contributed by atoms with Gasteiger partial charge in [0.1, 0.15) is 5.84 Å². The van der Waals surface area contributed by atoms with E-state index in [1.165, 1.54) is 81.0 Å². The molecule has 3 unspecified atom stereocenters. The van der Waals surface area contributed by atoms with Gasteiger partial charge in [-0.05, 0) is 69.7 Å². The van der Waals surface area contributed by atoms with E-state index in [1.54, 1.807) is 0 Å². The lowest BCUT2D eigenvalue weighted by Crippen LogP contribution is -2.48. The lowest BCUT2D eigenvalue weighted by atomic mass is 9.86. The Kier molecular flexibility index (Phi) is 5.47. The summed E-state index contributed by atoms with van der Waals surface area (Å²) in [5.41, 5.74) is 4.12. The molecule has 2 saturated heterocycles. The van der Waals surface area contributed by atoms with Crippen LogP contribution in [-0.4, -0.2) is 65.7 Å². The maximum atomic E-state index is 5.17. The molecule has 0 aromatic rings. The number of amidine groups is 1. The molecule has 0 spiro atoms. The van der Waals surface area contributed by atoms with Crippen LogP contribution in [0.5, 0.6) is 0 Å². The van der Waals surface area contributed by atoms with Crippen LogP contribution in [0.15, 0.2) is 45.4 Å². The first-order valence-corrected chi connectivity index (χ1v) is 11.9. The van der Waals surface area contributed by atoms with Crippen molar-refractivity contribution in [2.24, 2.45) is 15.9 Å². The molecule has 29 heavy (non-hydrogen) atoms. The summed E-state index contributed by atoms with van der Waals surface area (Å²) in [6.07, 6.45) is 18.0. The summed E-state index contributed by atoms with van der Waals surface area (Å²) in [5, 5.41) is 0. The highest BCUT2D eigenvalue weighted by atomic mass is 15.2. The minimum atomic E-state index is 0.256. The fraction of sp³-hybridized carbons (Fsp3) is 0.680. The fourth-order valence-corrected chi connectivity index (χ4v) is 5.76. The standard InChI is InChI=1S/C25H36N4/c1-18-7-6-8-21(19(18)2)22-9-10-23-24(26-22)17-25(27-23)29-15-11-20(12-16-29)28-13-4-3-5-14-28/h6-7,9-10,18,20,23-24H,3-5,8,11-17H2,1-2H3. The predicted molar refractivity (Wildman–Crippen MR) is 122 cm³/mol. The van der Waals surface area contributed by atoms with Crippen molar-refractivity contribution in [2.45, 2.75) is 76.9 Å². The summed E-state index contributed by atoms with van der Waals surface area (Å²) in [6.45, 7) is 9.54. The summed E-state index contributed by atoms with van der Waals surface area (Å²) in [6, 6.07) is 1.37. The fourth-order valence-electron chi connectivity index (χ4n) is 5.76. The second kappa shape index (κ2) is 8.22. The van der Waals surface area contributed by atoms with Crippen LogP contribution < -0.4 is 0 Å². The number of nitrogens with zero attached hydrogens (tertiary/aromatic N) is 4. The highest BCUT2D eigenvalue weighted by Gasteiger charge is 2.35. The third-order valence-electron chi connectivity index (χ3n) is 7.79. The normalized spacial score (nSPS) is 33.7. The van der Waals surface area contributed by atoms with Crippen molar-refractivity contribution >= 4 is 11.5 Å². The van der Waals surface area contributed by atoms with Gasteiger partial charge in [0.2, 0.25) is 0 Å². The minimum Gasteiger partial charge on any atom is -0.360 e. The molecule has 1 aliphatic carbocycles. The molecular weight excluding hydrogens is 356 g/mol. The zero-order valence-electron chi connectivity index (χ0n) is 18.2. The van der Waals surface area contributed by atoms with Crippen molar-refractivity contribution in [2.75, 3.05) is 26.2 Å². The highest BCUT2D eigenvalue weighted by Crippen LogP contribution is 2.31. The van der Waals surface area contributed by atoms with Crippen LogP contribution in [0.2, 0.25) is 0 Å². The highest BCUT2D eigenvalue weighted by molar-refractivity contribution is 6.10. The average Bonchev–Trinajstić information content (AvgIpc) is 3.20. The van der Waals surface area contributed by atoms with Gasteiger partial charge in [0.05, 0.1) is 17.8 Å². The van der Waals surface area contributed by atoms with Crippen molar-refractivity contribution in [3.05, 3.63) is 35.5 Å². The van der Waals surface area contributed by atoms with Gasteiger partial charge in [0, 0.05) is 25.6 Å². The topological polar surface area (TPSA) is 31.2 Å². The van der Waals surface area contributed by atoms with Gasteiger partial charge < -0.3 is 9.80 Å². The largest absolute Gasteiger partial charge is 0.360 e. The lowest BCUT2D eigenvalue weighted by molar-refractivity contribution is 0.114. The summed E-state index contributed by atoms with van der Waals surface area (Å²) >= 11 is 0. The zero-order chi connectivity index (χ0) is 19.8. The van der Waals surface area contributed by atoms with Gasteiger partial charge in [0.25, 0.3) is 0 Å². The van der Waals surface area contributed by atoms with E-state index in [1.807, 2.05) is 0 Å². The van der Waals surface area contributed by atoms with Crippen LogP contribution in [0.1, 0.15) is 58.8 Å². The van der Waals surface area contributed by atoms with E-state index >= 15 is 0 Å². The van der Waals surface area contributed by atoms with Crippen LogP contribution in [-0.2, 0) is 0 Å². The number of aliphatic imine (C=N–C) groups is 2. The molecule has 4 aliphatic heterocycles. The van der Waals surface area contributed by atoms with E-state index in [4.69, 9.17) is 9.98 Å². The summed E-state index contributed by atoms with van der Waals surface area (Å²) < 4.78 is 0. The van der Waals surface area contributed by atoms with Crippen molar-refractivity contribution in [3.63, 3.8) is 0 Å². The monoisotopic (exact) mass is 392 g/mol. The molecule has 2 fully saturated rings. The van der Waals surface area contributed by atoms with E-state index in [0.29, 0.717) is 12.0 Å². The molecule has 5 rings (SSSR count). The van der Waals surface area contributed by atoms with Crippen LogP contribution >= 0.6 is 0 Å². The summed E-state index contributed by atoms with van der Waals surface area (Å²) in [5.74, 6) is 1.85. The number of likely N-dealkylation sites (tertiary alicyclic amines) is 2. The van der Waals surface area contributed by atoms with E-state index in [0.717, 1.165) is 18.9 Å². The Morgan fingerprint density at radius 1 is 0.966 bits per heavy atom. The molecule has 0 aromatic heterocycles. The van der Waals surface area contributed by atoms with Crippen molar-refractivity contribution < 1.29 is 0 Å². The van der Waals surface area contributed by atoms with Gasteiger partial charge >= 0.3 is 0 Å². The van der Waals surface area contributed by atoms with Gasteiger partial charge in [0.15, 0.2) is 0 Å². The lowest BCUT2D eigenvalue weighted by Gasteiger charge is -2.40. The van der Waals surface area contributed by atoms with Crippen molar-refractivity contribution in [1.82, 2.24) is 9.80 Å². The average molecular weight is 393 g/mol. The van der Waals surface area contributed by atoms with E-state index in [-0.39, 0.29) is 6.04 Å². The second-order valence-corrected chi connectivity index (χ2v) is 9.58. The minimum absolute atomic E-state index is 0.256. The molecule has 0 saturated carbocycles. The van der Waals surface area contributed by atoms with E-state index in [2.05, 4.69) is 48.0 Å². The number of rotatable bonds is 2. The predicted octanol–water partition coefficient (Wildman–Crippen LogP) is 4.40. The molecule has 4 nitrogen and oxygen atoms in total. The van der Waals surface area contributed by atoms with Gasteiger partial charge in [-0.3, -0.25) is 9.98 Å². The maximum absolute atomic E-state index is 5.17. The van der Waals surface area contributed by atoms with Crippen molar-refractivity contribution in [1.29, 1.82) is 0 Å². The Labute approximate surface area is 176 Å². The number of piperidine rings is 2. The number of allylic oxidation sites excluding steroid dienone is 5. The summed E-state index contributed by atoms with van der Waals surface area (Å²) in [7, 11) is 0. The summed E-state index contributed by atoms with van der Waals surface area (Å²) in [4.78, 5) is 15.6. The number of hydrogen-bond acceptors (Lipinski definition) is 4. The SMILES string of the molecule is CC1=C(C2=NC3CC(N4CCC(N5CCCCC5)CC4)=NC3C=C2)CC=CC1C. The first kappa shape index (κ1) is 19.3. The second-order valence-electron chi connectivity index (χ2n) is 9.58. The molecule has 0 amide bonds. The quantitative estimate of drug-likeness (QED) is 0.652. The van der Waals surface area contributed by atoms with E-state index < -0.39 is 0 Å². The Morgan fingerprint density at radius 2 is 1.76 bits per heavy atom. The number of hydrogen-bond donors (Lipinski definition) is 0. The number of fused-ring (bicyclic) bond motifs is 1. The van der Waals surface area contributed by atoms with Crippen molar-refractivity contribution in [3.8, 4) is 0 Å². The smallest absolute Gasteiger partial charge is 0.102 e. The molecule has 4 heteroatoms. The molecule has 0 bridgehead atoms. The molecular formula is C25H36N4. The van der Waals surface area contributed by atoms with Gasteiger partial charge in [-0.2, -0.15) is 0 Å². The molecule has 0 aromatic carbocycles. The maximum Gasteiger partial charge on any atom is 0.102 e. The van der Waals surface area contributed by atoms with Gasteiger partial charge in [-0.1, -0.05) is 37.1 Å². The van der Waals surface area contributed by atoms with Crippen LogP contribution in [0, 0.1) is 5.92 Å². The first-order chi connectivity index (χ1) is 14.2. The first-order valence-electron chi connectivity index (χ1n) is 11.9. The Morgan fingerprint density at radius 3 is 2.55 bits per heavy atom. The molecule has 5 aliphatic rings. The molecule has 3 atom stereocenters. The molecule has 156 valence electrons. The molecule has 0 N–H and O–H groups in total.